The lowest BCUT2D eigenvalue weighted by Gasteiger charge is -2.17. The summed E-state index contributed by atoms with van der Waals surface area (Å²) in [7, 11) is 0. The SMILES string of the molecule is CC(Nc1ccc(C(=O)O)c(F)c1F)c1ccc(N)cc1. The first-order valence-electron chi connectivity index (χ1n) is 6.23. The molecule has 0 fully saturated rings. The van der Waals surface area contributed by atoms with E-state index in [9.17, 15) is 13.6 Å². The Morgan fingerprint density at radius 1 is 1.14 bits per heavy atom. The zero-order valence-corrected chi connectivity index (χ0v) is 11.2. The highest BCUT2D eigenvalue weighted by atomic mass is 19.2. The van der Waals surface area contributed by atoms with Crippen molar-refractivity contribution in [2.75, 3.05) is 11.1 Å². The molecule has 2 aromatic carbocycles. The maximum absolute atomic E-state index is 13.8. The van der Waals surface area contributed by atoms with Crippen LogP contribution in [-0.2, 0) is 0 Å². The van der Waals surface area contributed by atoms with Gasteiger partial charge in [0.1, 0.15) is 0 Å². The van der Waals surface area contributed by atoms with Crippen molar-refractivity contribution in [3.63, 3.8) is 0 Å². The lowest BCUT2D eigenvalue weighted by Crippen LogP contribution is -2.11. The molecule has 0 aliphatic carbocycles. The van der Waals surface area contributed by atoms with Gasteiger partial charge in [-0.25, -0.2) is 13.6 Å². The normalized spacial score (nSPS) is 12.0. The van der Waals surface area contributed by atoms with Crippen molar-refractivity contribution in [1.29, 1.82) is 0 Å². The minimum absolute atomic E-state index is 0.0955. The van der Waals surface area contributed by atoms with Crippen LogP contribution in [0.4, 0.5) is 20.2 Å². The van der Waals surface area contributed by atoms with Crippen molar-refractivity contribution in [3.8, 4) is 0 Å². The summed E-state index contributed by atoms with van der Waals surface area (Å²) in [4.78, 5) is 10.7. The molecule has 0 aliphatic rings. The summed E-state index contributed by atoms with van der Waals surface area (Å²) in [5.74, 6) is -4.10. The van der Waals surface area contributed by atoms with E-state index in [4.69, 9.17) is 10.8 Å². The van der Waals surface area contributed by atoms with Gasteiger partial charge in [-0.1, -0.05) is 12.1 Å². The van der Waals surface area contributed by atoms with Crippen LogP contribution in [0.15, 0.2) is 36.4 Å². The summed E-state index contributed by atoms with van der Waals surface area (Å²) in [5, 5.41) is 11.5. The quantitative estimate of drug-likeness (QED) is 0.755. The topological polar surface area (TPSA) is 75.3 Å². The summed E-state index contributed by atoms with van der Waals surface area (Å²) in [6.45, 7) is 1.77. The molecule has 2 aromatic rings. The fourth-order valence-electron chi connectivity index (χ4n) is 1.93. The summed E-state index contributed by atoms with van der Waals surface area (Å²) in [6, 6.07) is 8.89. The van der Waals surface area contributed by atoms with Crippen molar-refractivity contribution in [2.45, 2.75) is 13.0 Å². The molecule has 0 spiro atoms. The number of hydrogen-bond acceptors (Lipinski definition) is 3. The van der Waals surface area contributed by atoms with Gasteiger partial charge in [0.15, 0.2) is 11.6 Å². The van der Waals surface area contributed by atoms with E-state index in [0.717, 1.165) is 11.6 Å². The van der Waals surface area contributed by atoms with Gasteiger partial charge in [0.25, 0.3) is 0 Å². The lowest BCUT2D eigenvalue weighted by atomic mass is 10.1. The highest BCUT2D eigenvalue weighted by Crippen LogP contribution is 2.25. The molecule has 1 atom stereocenters. The van der Waals surface area contributed by atoms with Gasteiger partial charge < -0.3 is 16.2 Å². The molecule has 0 amide bonds. The zero-order valence-electron chi connectivity index (χ0n) is 11.2. The number of hydrogen-bond donors (Lipinski definition) is 3. The minimum atomic E-state index is -1.51. The molecule has 110 valence electrons. The number of carboxylic acids is 1. The van der Waals surface area contributed by atoms with Crippen LogP contribution in [0, 0.1) is 11.6 Å². The number of halogens is 2. The first kappa shape index (κ1) is 14.8. The van der Waals surface area contributed by atoms with E-state index in [1.165, 1.54) is 6.07 Å². The fourth-order valence-corrected chi connectivity index (χ4v) is 1.93. The molecule has 1 unspecified atom stereocenters. The molecule has 6 heteroatoms. The van der Waals surface area contributed by atoms with Crippen LogP contribution in [0.5, 0.6) is 0 Å². The minimum Gasteiger partial charge on any atom is -0.478 e. The van der Waals surface area contributed by atoms with Crippen molar-refractivity contribution in [2.24, 2.45) is 0 Å². The number of rotatable bonds is 4. The predicted molar refractivity (Wildman–Crippen MR) is 76.2 cm³/mol. The number of nitrogen functional groups attached to an aromatic ring is 1. The second kappa shape index (κ2) is 5.78. The highest BCUT2D eigenvalue weighted by Gasteiger charge is 2.19. The van der Waals surface area contributed by atoms with Crippen LogP contribution in [-0.4, -0.2) is 11.1 Å². The summed E-state index contributed by atoms with van der Waals surface area (Å²) in [6.07, 6.45) is 0. The van der Waals surface area contributed by atoms with E-state index in [1.54, 1.807) is 31.2 Å². The Balaban J connectivity index is 2.25. The van der Waals surface area contributed by atoms with Gasteiger partial charge in [0.05, 0.1) is 11.3 Å². The lowest BCUT2D eigenvalue weighted by molar-refractivity contribution is 0.0690. The average molecular weight is 292 g/mol. The summed E-state index contributed by atoms with van der Waals surface area (Å²) < 4.78 is 27.4. The van der Waals surface area contributed by atoms with E-state index in [0.29, 0.717) is 5.69 Å². The molecule has 21 heavy (non-hydrogen) atoms. The van der Waals surface area contributed by atoms with Crippen LogP contribution in [0.3, 0.4) is 0 Å². The van der Waals surface area contributed by atoms with Gasteiger partial charge in [-0.2, -0.15) is 0 Å². The smallest absolute Gasteiger partial charge is 0.338 e. The second-order valence-corrected chi connectivity index (χ2v) is 4.63. The first-order valence-corrected chi connectivity index (χ1v) is 6.23. The molecular formula is C15H14F2N2O2. The Morgan fingerprint density at radius 2 is 1.76 bits per heavy atom. The van der Waals surface area contributed by atoms with Crippen LogP contribution in [0.1, 0.15) is 28.9 Å². The molecular weight excluding hydrogens is 278 g/mol. The number of nitrogens with one attached hydrogen (secondary N) is 1. The van der Waals surface area contributed by atoms with Gasteiger partial charge >= 0.3 is 5.97 Å². The monoisotopic (exact) mass is 292 g/mol. The van der Waals surface area contributed by atoms with Crippen molar-refractivity contribution in [1.82, 2.24) is 0 Å². The van der Waals surface area contributed by atoms with E-state index >= 15 is 0 Å². The van der Waals surface area contributed by atoms with Gasteiger partial charge in [0, 0.05) is 11.7 Å². The molecule has 0 heterocycles. The number of carboxylic acid groups (broad SMARTS) is 1. The number of carbonyl (C=O) groups is 1. The number of anilines is 2. The Hall–Kier alpha value is -2.63. The molecule has 0 saturated heterocycles. The van der Waals surface area contributed by atoms with Gasteiger partial charge in [-0.3, -0.25) is 0 Å². The summed E-state index contributed by atoms with van der Waals surface area (Å²) in [5.41, 5.74) is 6.24. The summed E-state index contributed by atoms with van der Waals surface area (Å²) >= 11 is 0. The van der Waals surface area contributed by atoms with Gasteiger partial charge in [-0.05, 0) is 36.8 Å². The number of aromatic carboxylic acids is 1. The largest absolute Gasteiger partial charge is 0.478 e. The molecule has 0 saturated carbocycles. The Morgan fingerprint density at radius 3 is 2.33 bits per heavy atom. The van der Waals surface area contributed by atoms with Crippen molar-refractivity contribution in [3.05, 3.63) is 59.2 Å². The maximum Gasteiger partial charge on any atom is 0.338 e. The number of benzene rings is 2. The third-order valence-electron chi connectivity index (χ3n) is 3.12. The molecule has 2 rings (SSSR count). The Labute approximate surface area is 120 Å². The molecule has 0 bridgehead atoms. The highest BCUT2D eigenvalue weighted by molar-refractivity contribution is 5.88. The third kappa shape index (κ3) is 3.10. The van der Waals surface area contributed by atoms with Crippen LogP contribution >= 0.6 is 0 Å². The van der Waals surface area contributed by atoms with E-state index < -0.39 is 23.2 Å². The van der Waals surface area contributed by atoms with E-state index in [1.807, 2.05) is 0 Å². The van der Waals surface area contributed by atoms with Crippen molar-refractivity contribution >= 4 is 17.3 Å². The molecule has 0 aromatic heterocycles. The van der Waals surface area contributed by atoms with E-state index in [2.05, 4.69) is 5.32 Å². The molecule has 4 nitrogen and oxygen atoms in total. The van der Waals surface area contributed by atoms with Crippen LogP contribution in [0.2, 0.25) is 0 Å². The molecule has 4 N–H and O–H groups in total. The average Bonchev–Trinajstić information content (AvgIpc) is 2.44. The standard InChI is InChI=1S/C15H14F2N2O2/c1-8(9-2-4-10(18)5-3-9)19-12-7-6-11(15(20)21)13(16)14(12)17/h2-8,19H,18H2,1H3,(H,20,21). The van der Waals surface area contributed by atoms with Gasteiger partial charge in [-0.15, -0.1) is 0 Å². The van der Waals surface area contributed by atoms with Gasteiger partial charge in [0.2, 0.25) is 0 Å². The Kier molecular flexibility index (Phi) is 4.07. The maximum atomic E-state index is 13.8. The van der Waals surface area contributed by atoms with Crippen molar-refractivity contribution < 1.29 is 18.7 Å². The molecule has 0 aliphatic heterocycles. The fraction of sp³-hybridized carbons (Fsp3) is 0.133. The first-order chi connectivity index (χ1) is 9.90. The Bertz CT molecular complexity index is 672. The zero-order chi connectivity index (χ0) is 15.6. The predicted octanol–water partition coefficient (Wildman–Crippen LogP) is 3.42. The number of nitrogens with two attached hydrogens (primary N) is 1. The molecule has 0 radical (unpaired) electrons. The van der Waals surface area contributed by atoms with Crippen LogP contribution in [0.25, 0.3) is 0 Å². The second-order valence-electron chi connectivity index (χ2n) is 4.63. The third-order valence-corrected chi connectivity index (χ3v) is 3.12. The van der Waals surface area contributed by atoms with E-state index in [-0.39, 0.29) is 11.7 Å². The van der Waals surface area contributed by atoms with Crippen LogP contribution < -0.4 is 11.1 Å².